The van der Waals surface area contributed by atoms with Gasteiger partial charge in [0.2, 0.25) is 5.91 Å². The minimum atomic E-state index is -0.952. The average Bonchev–Trinajstić information content (AvgIpc) is 2.53. The van der Waals surface area contributed by atoms with Crippen molar-refractivity contribution in [2.45, 2.75) is 52.5 Å². The fraction of sp³-hybridized carbons (Fsp3) is 0.833. The molecular weight excluding hydrogens is 206 g/mol. The molecule has 1 saturated carbocycles. The van der Waals surface area contributed by atoms with Crippen LogP contribution in [0, 0.1) is 11.3 Å². The lowest BCUT2D eigenvalue weighted by atomic mass is 9.81. The zero-order valence-corrected chi connectivity index (χ0v) is 10.2. The maximum absolute atomic E-state index is 12.0. The number of carbonyl (C=O) groups excluding carboxylic acids is 1. The highest BCUT2D eigenvalue weighted by molar-refractivity contribution is 5.85. The van der Waals surface area contributed by atoms with Crippen molar-refractivity contribution in [3.8, 4) is 0 Å². The van der Waals surface area contributed by atoms with E-state index >= 15 is 0 Å². The Bertz CT molecular complexity index is 286. The molecule has 0 saturated heterocycles. The summed E-state index contributed by atoms with van der Waals surface area (Å²) in [7, 11) is 0. The van der Waals surface area contributed by atoms with Crippen molar-refractivity contribution in [2.24, 2.45) is 11.3 Å². The lowest BCUT2D eigenvalue weighted by Gasteiger charge is -2.27. The summed E-state index contributed by atoms with van der Waals surface area (Å²) in [6.45, 7) is 5.91. The van der Waals surface area contributed by atoms with Crippen LogP contribution in [0.1, 0.15) is 46.5 Å². The van der Waals surface area contributed by atoms with Crippen molar-refractivity contribution >= 4 is 11.9 Å². The van der Waals surface area contributed by atoms with E-state index in [1.54, 1.807) is 6.92 Å². The van der Waals surface area contributed by atoms with Crippen molar-refractivity contribution < 1.29 is 14.7 Å². The van der Waals surface area contributed by atoms with Crippen molar-refractivity contribution in [3.05, 3.63) is 0 Å². The molecule has 1 rings (SSSR count). The normalized spacial score (nSPS) is 25.1. The summed E-state index contributed by atoms with van der Waals surface area (Å²) >= 11 is 0. The van der Waals surface area contributed by atoms with Gasteiger partial charge in [0.05, 0.1) is 0 Å². The first-order valence-corrected chi connectivity index (χ1v) is 5.91. The fourth-order valence-electron chi connectivity index (χ4n) is 2.42. The van der Waals surface area contributed by atoms with Gasteiger partial charge in [-0.2, -0.15) is 0 Å². The van der Waals surface area contributed by atoms with Crippen LogP contribution in [0.5, 0.6) is 0 Å². The molecule has 92 valence electrons. The molecule has 0 radical (unpaired) electrons. The van der Waals surface area contributed by atoms with Gasteiger partial charge in [0.1, 0.15) is 6.04 Å². The van der Waals surface area contributed by atoms with Crippen molar-refractivity contribution in [2.75, 3.05) is 0 Å². The van der Waals surface area contributed by atoms with Gasteiger partial charge in [0, 0.05) is 5.92 Å². The van der Waals surface area contributed by atoms with Gasteiger partial charge >= 0.3 is 5.97 Å². The predicted molar refractivity (Wildman–Crippen MR) is 61.0 cm³/mol. The van der Waals surface area contributed by atoms with E-state index in [2.05, 4.69) is 19.2 Å². The molecule has 4 heteroatoms. The molecule has 1 amide bonds. The second-order valence-electron chi connectivity index (χ2n) is 5.24. The van der Waals surface area contributed by atoms with Crippen LogP contribution in [0.3, 0.4) is 0 Å². The Morgan fingerprint density at radius 2 is 2.12 bits per heavy atom. The molecule has 0 spiro atoms. The van der Waals surface area contributed by atoms with Gasteiger partial charge in [-0.1, -0.05) is 27.2 Å². The summed E-state index contributed by atoms with van der Waals surface area (Å²) in [6, 6.07) is -0.746. The lowest BCUT2D eigenvalue weighted by Crippen LogP contribution is -2.45. The summed E-state index contributed by atoms with van der Waals surface area (Å²) in [6.07, 6.45) is 3.38. The molecule has 1 fully saturated rings. The third kappa shape index (κ3) is 2.74. The second-order valence-corrected chi connectivity index (χ2v) is 5.24. The van der Waals surface area contributed by atoms with Crippen LogP contribution < -0.4 is 5.32 Å². The van der Waals surface area contributed by atoms with Gasteiger partial charge in [-0.05, 0) is 24.7 Å². The highest BCUT2D eigenvalue weighted by Gasteiger charge is 2.40. The molecule has 2 N–H and O–H groups in total. The standard InChI is InChI=1S/C12H21NO3/c1-4-9(11(15)16)13-10(14)8-6-5-7-12(8,2)3/h8-9H,4-7H2,1-3H3,(H,13,14)(H,15,16)/t8?,9-/m1/s1. The number of rotatable bonds is 4. The Kier molecular flexibility index (Phi) is 3.94. The van der Waals surface area contributed by atoms with E-state index in [1.165, 1.54) is 0 Å². The number of amides is 1. The summed E-state index contributed by atoms with van der Waals surface area (Å²) in [5, 5.41) is 11.5. The molecule has 0 aromatic heterocycles. The summed E-state index contributed by atoms with van der Waals surface area (Å²) in [5.41, 5.74) is 0.000871. The van der Waals surface area contributed by atoms with Gasteiger partial charge in [-0.3, -0.25) is 4.79 Å². The van der Waals surface area contributed by atoms with Crippen LogP contribution in [-0.2, 0) is 9.59 Å². The van der Waals surface area contributed by atoms with Gasteiger partial charge in [0.25, 0.3) is 0 Å². The van der Waals surface area contributed by atoms with E-state index < -0.39 is 12.0 Å². The van der Waals surface area contributed by atoms with E-state index in [0.29, 0.717) is 6.42 Å². The van der Waals surface area contributed by atoms with Crippen LogP contribution in [0.25, 0.3) is 0 Å². The number of hydrogen-bond acceptors (Lipinski definition) is 2. The summed E-state index contributed by atoms with van der Waals surface area (Å²) in [5.74, 6) is -1.09. The van der Waals surface area contributed by atoms with E-state index in [-0.39, 0.29) is 17.2 Å². The quantitative estimate of drug-likeness (QED) is 0.769. The zero-order chi connectivity index (χ0) is 12.3. The number of aliphatic carboxylic acids is 1. The Labute approximate surface area is 96.4 Å². The molecule has 0 aromatic rings. The van der Waals surface area contributed by atoms with Crippen molar-refractivity contribution in [3.63, 3.8) is 0 Å². The van der Waals surface area contributed by atoms with Gasteiger partial charge < -0.3 is 10.4 Å². The van der Waals surface area contributed by atoms with Crippen molar-refractivity contribution in [1.29, 1.82) is 0 Å². The van der Waals surface area contributed by atoms with E-state index in [9.17, 15) is 9.59 Å². The first-order chi connectivity index (χ1) is 7.38. The molecule has 0 bridgehead atoms. The first kappa shape index (κ1) is 13.0. The van der Waals surface area contributed by atoms with Gasteiger partial charge in [0.15, 0.2) is 0 Å². The second kappa shape index (κ2) is 4.85. The Balaban J connectivity index is 2.61. The summed E-state index contributed by atoms with van der Waals surface area (Å²) in [4.78, 5) is 22.8. The molecule has 16 heavy (non-hydrogen) atoms. The largest absolute Gasteiger partial charge is 0.480 e. The van der Waals surface area contributed by atoms with Gasteiger partial charge in [-0.15, -0.1) is 0 Å². The average molecular weight is 227 g/mol. The Hall–Kier alpha value is -1.06. The zero-order valence-electron chi connectivity index (χ0n) is 10.2. The smallest absolute Gasteiger partial charge is 0.326 e. The molecule has 4 nitrogen and oxygen atoms in total. The fourth-order valence-corrected chi connectivity index (χ4v) is 2.42. The maximum Gasteiger partial charge on any atom is 0.326 e. The predicted octanol–water partition coefficient (Wildman–Crippen LogP) is 1.79. The highest BCUT2D eigenvalue weighted by Crippen LogP contribution is 2.42. The van der Waals surface area contributed by atoms with E-state index in [0.717, 1.165) is 19.3 Å². The third-order valence-corrected chi connectivity index (χ3v) is 3.60. The van der Waals surface area contributed by atoms with Crippen LogP contribution in [0.2, 0.25) is 0 Å². The molecule has 2 atom stereocenters. The molecule has 1 aliphatic rings. The number of carboxylic acid groups (broad SMARTS) is 1. The topological polar surface area (TPSA) is 66.4 Å². The SMILES string of the molecule is CC[C@@H](NC(=O)C1CCCC1(C)C)C(=O)O. The van der Waals surface area contributed by atoms with Crippen LogP contribution in [0.4, 0.5) is 0 Å². The van der Waals surface area contributed by atoms with Gasteiger partial charge in [-0.25, -0.2) is 4.79 Å². The molecule has 1 unspecified atom stereocenters. The lowest BCUT2D eigenvalue weighted by molar-refractivity contribution is -0.143. The molecular formula is C12H21NO3. The number of nitrogens with one attached hydrogen (secondary N) is 1. The number of carboxylic acids is 1. The molecule has 0 heterocycles. The van der Waals surface area contributed by atoms with Crippen molar-refractivity contribution in [1.82, 2.24) is 5.32 Å². The van der Waals surface area contributed by atoms with Crippen LogP contribution in [0.15, 0.2) is 0 Å². The van der Waals surface area contributed by atoms with Crippen LogP contribution in [-0.4, -0.2) is 23.0 Å². The number of carbonyl (C=O) groups is 2. The molecule has 1 aliphatic carbocycles. The molecule has 0 aliphatic heterocycles. The van der Waals surface area contributed by atoms with Crippen LogP contribution >= 0.6 is 0 Å². The third-order valence-electron chi connectivity index (χ3n) is 3.60. The van der Waals surface area contributed by atoms with E-state index in [1.807, 2.05) is 0 Å². The Morgan fingerprint density at radius 1 is 1.50 bits per heavy atom. The minimum Gasteiger partial charge on any atom is -0.480 e. The Morgan fingerprint density at radius 3 is 2.50 bits per heavy atom. The minimum absolute atomic E-state index is 0.000871. The maximum atomic E-state index is 12.0. The monoisotopic (exact) mass is 227 g/mol. The summed E-state index contributed by atoms with van der Waals surface area (Å²) < 4.78 is 0. The highest BCUT2D eigenvalue weighted by atomic mass is 16.4. The van der Waals surface area contributed by atoms with E-state index in [4.69, 9.17) is 5.11 Å². The molecule has 0 aromatic carbocycles. The number of hydrogen-bond donors (Lipinski definition) is 2. The first-order valence-electron chi connectivity index (χ1n) is 5.91.